The van der Waals surface area contributed by atoms with E-state index in [9.17, 15) is 4.79 Å². The van der Waals surface area contributed by atoms with Crippen LogP contribution in [0.25, 0.3) is 0 Å². The van der Waals surface area contributed by atoms with Crippen LogP contribution >= 0.6 is 24.8 Å². The van der Waals surface area contributed by atoms with Crippen LogP contribution in [0.4, 0.5) is 0 Å². The fourth-order valence-corrected chi connectivity index (χ4v) is 2.20. The summed E-state index contributed by atoms with van der Waals surface area (Å²) in [5.74, 6) is 0.260. The first-order valence-electron chi connectivity index (χ1n) is 5.87. The lowest BCUT2D eigenvalue weighted by molar-refractivity contribution is 0.0502. The Kier molecular flexibility index (Phi) is 6.32. The molecule has 19 heavy (non-hydrogen) atoms. The minimum atomic E-state index is -0.0834. The number of hydrogen-bond acceptors (Lipinski definition) is 4. The highest BCUT2D eigenvalue weighted by Gasteiger charge is 2.36. The van der Waals surface area contributed by atoms with Gasteiger partial charge in [-0.2, -0.15) is 0 Å². The molecule has 1 unspecified atom stereocenters. The molecule has 1 aromatic rings. The van der Waals surface area contributed by atoms with Gasteiger partial charge in [0, 0.05) is 19.1 Å². The molecule has 7 heteroatoms. The number of carbonyl (C=O) groups excluding carboxylic acids is 1. The van der Waals surface area contributed by atoms with Crippen molar-refractivity contribution in [2.45, 2.75) is 33.2 Å². The first kappa shape index (κ1) is 18.2. The number of amides is 1. The Bertz CT molecular complexity index is 434. The molecule has 1 aliphatic rings. The van der Waals surface area contributed by atoms with Crippen LogP contribution in [-0.4, -0.2) is 34.9 Å². The van der Waals surface area contributed by atoms with Crippen LogP contribution in [0, 0.1) is 12.3 Å². The predicted molar refractivity (Wildman–Crippen MR) is 78.0 cm³/mol. The van der Waals surface area contributed by atoms with Crippen molar-refractivity contribution in [2.75, 3.05) is 13.1 Å². The van der Waals surface area contributed by atoms with Crippen molar-refractivity contribution in [1.82, 2.24) is 9.88 Å². The molecule has 1 atom stereocenters. The van der Waals surface area contributed by atoms with Gasteiger partial charge >= 0.3 is 0 Å². The fraction of sp³-hybridized carbons (Fsp3) is 0.667. The number of rotatable bonds is 1. The first-order chi connectivity index (χ1) is 7.92. The average molecular weight is 310 g/mol. The summed E-state index contributed by atoms with van der Waals surface area (Å²) in [5.41, 5.74) is 6.64. The van der Waals surface area contributed by atoms with E-state index in [0.717, 1.165) is 6.42 Å². The van der Waals surface area contributed by atoms with Crippen molar-refractivity contribution < 1.29 is 9.21 Å². The van der Waals surface area contributed by atoms with Gasteiger partial charge in [-0.25, -0.2) is 4.98 Å². The van der Waals surface area contributed by atoms with Gasteiger partial charge in [0.05, 0.1) is 5.69 Å². The third-order valence-corrected chi connectivity index (χ3v) is 3.54. The van der Waals surface area contributed by atoms with Gasteiger partial charge in [0.25, 0.3) is 5.91 Å². The summed E-state index contributed by atoms with van der Waals surface area (Å²) in [6, 6.07) is 0.141. The van der Waals surface area contributed by atoms with Crippen LogP contribution in [0.3, 0.4) is 0 Å². The van der Waals surface area contributed by atoms with Gasteiger partial charge in [-0.3, -0.25) is 4.79 Å². The SMILES string of the molecule is Cc1ncoc1C(=O)N1CCC(N)C(C)(C)C1.Cl.Cl. The van der Waals surface area contributed by atoms with Crippen LogP contribution in [0.5, 0.6) is 0 Å². The number of likely N-dealkylation sites (tertiary alicyclic amines) is 1. The summed E-state index contributed by atoms with van der Waals surface area (Å²) >= 11 is 0. The summed E-state index contributed by atoms with van der Waals surface area (Å²) in [4.78, 5) is 18.0. The molecule has 2 rings (SSSR count). The number of piperidine rings is 1. The molecule has 0 saturated carbocycles. The van der Waals surface area contributed by atoms with E-state index in [0.29, 0.717) is 24.5 Å². The lowest BCUT2D eigenvalue weighted by Crippen LogP contribution is -2.54. The van der Waals surface area contributed by atoms with Gasteiger partial charge in [0.15, 0.2) is 6.39 Å². The molecular weight excluding hydrogens is 289 g/mol. The van der Waals surface area contributed by atoms with Crippen molar-refractivity contribution in [3.05, 3.63) is 17.8 Å². The van der Waals surface area contributed by atoms with Crippen molar-refractivity contribution >= 4 is 30.7 Å². The second kappa shape index (κ2) is 6.59. The molecule has 1 fully saturated rings. The minimum Gasteiger partial charge on any atom is -0.438 e. The number of hydrogen-bond donors (Lipinski definition) is 1. The number of nitrogens with two attached hydrogens (primary N) is 1. The number of oxazole rings is 1. The van der Waals surface area contributed by atoms with Crippen molar-refractivity contribution in [1.29, 1.82) is 0 Å². The maximum absolute atomic E-state index is 12.2. The zero-order chi connectivity index (χ0) is 12.6. The molecule has 1 saturated heterocycles. The van der Waals surface area contributed by atoms with E-state index in [1.807, 2.05) is 0 Å². The highest BCUT2D eigenvalue weighted by molar-refractivity contribution is 5.92. The Hall–Kier alpha value is -0.780. The predicted octanol–water partition coefficient (Wildman–Crippen LogP) is 2.03. The van der Waals surface area contributed by atoms with Gasteiger partial charge in [-0.15, -0.1) is 24.8 Å². The fourth-order valence-electron chi connectivity index (χ4n) is 2.20. The first-order valence-corrected chi connectivity index (χ1v) is 5.87. The number of nitrogens with zero attached hydrogens (tertiary/aromatic N) is 2. The normalized spacial score (nSPS) is 21.3. The quantitative estimate of drug-likeness (QED) is 0.861. The molecule has 1 amide bonds. The highest BCUT2D eigenvalue weighted by atomic mass is 35.5. The molecule has 1 aromatic heterocycles. The van der Waals surface area contributed by atoms with Gasteiger partial charge < -0.3 is 15.1 Å². The summed E-state index contributed by atoms with van der Waals surface area (Å²) < 4.78 is 5.14. The summed E-state index contributed by atoms with van der Waals surface area (Å²) in [6.07, 6.45) is 2.13. The van der Waals surface area contributed by atoms with E-state index in [-0.39, 0.29) is 42.2 Å². The zero-order valence-corrected chi connectivity index (χ0v) is 13.0. The Balaban J connectivity index is 0.00000162. The number of carbonyl (C=O) groups is 1. The number of aromatic nitrogens is 1. The molecule has 0 spiro atoms. The molecule has 1 aliphatic heterocycles. The molecule has 110 valence electrons. The van der Waals surface area contributed by atoms with Crippen molar-refractivity contribution in [3.63, 3.8) is 0 Å². The lowest BCUT2D eigenvalue weighted by Gasteiger charge is -2.42. The van der Waals surface area contributed by atoms with E-state index in [1.54, 1.807) is 11.8 Å². The monoisotopic (exact) mass is 309 g/mol. The van der Waals surface area contributed by atoms with Crippen molar-refractivity contribution in [2.24, 2.45) is 11.1 Å². The zero-order valence-electron chi connectivity index (χ0n) is 11.4. The maximum Gasteiger partial charge on any atom is 0.291 e. The standard InChI is InChI=1S/C12H19N3O2.2ClH/c1-8-10(17-7-14-8)11(16)15-5-4-9(13)12(2,3)6-15;;/h7,9H,4-6,13H2,1-3H3;2*1H. The number of aryl methyl sites for hydroxylation is 1. The van der Waals surface area contributed by atoms with Crippen LogP contribution in [-0.2, 0) is 0 Å². The topological polar surface area (TPSA) is 72.4 Å². The summed E-state index contributed by atoms with van der Waals surface area (Å²) in [6.45, 7) is 7.29. The molecule has 0 aromatic carbocycles. The van der Waals surface area contributed by atoms with E-state index in [1.165, 1.54) is 6.39 Å². The second-order valence-corrected chi connectivity index (χ2v) is 5.38. The second-order valence-electron chi connectivity index (χ2n) is 5.38. The third kappa shape index (κ3) is 3.61. The van der Waals surface area contributed by atoms with Crippen LogP contribution < -0.4 is 5.73 Å². The van der Waals surface area contributed by atoms with E-state index in [2.05, 4.69) is 18.8 Å². The smallest absolute Gasteiger partial charge is 0.291 e. The Morgan fingerprint density at radius 1 is 1.53 bits per heavy atom. The van der Waals surface area contributed by atoms with Gasteiger partial charge in [-0.1, -0.05) is 13.8 Å². The molecule has 2 heterocycles. The highest BCUT2D eigenvalue weighted by Crippen LogP contribution is 2.28. The van der Waals surface area contributed by atoms with E-state index < -0.39 is 0 Å². The maximum atomic E-state index is 12.2. The van der Waals surface area contributed by atoms with Gasteiger partial charge in [0.2, 0.25) is 5.76 Å². The van der Waals surface area contributed by atoms with Crippen LogP contribution in [0.2, 0.25) is 0 Å². The largest absolute Gasteiger partial charge is 0.438 e. The third-order valence-electron chi connectivity index (χ3n) is 3.54. The minimum absolute atomic E-state index is 0. The molecule has 0 radical (unpaired) electrons. The van der Waals surface area contributed by atoms with Gasteiger partial charge in [0.1, 0.15) is 0 Å². The Morgan fingerprint density at radius 3 is 2.63 bits per heavy atom. The van der Waals surface area contributed by atoms with Crippen LogP contribution in [0.1, 0.15) is 36.5 Å². The molecule has 0 bridgehead atoms. The number of halogens is 2. The van der Waals surface area contributed by atoms with Crippen molar-refractivity contribution in [3.8, 4) is 0 Å². The molecule has 0 aliphatic carbocycles. The van der Waals surface area contributed by atoms with Gasteiger partial charge in [-0.05, 0) is 18.8 Å². The Morgan fingerprint density at radius 2 is 2.16 bits per heavy atom. The van der Waals surface area contributed by atoms with Crippen LogP contribution in [0.15, 0.2) is 10.8 Å². The summed E-state index contributed by atoms with van der Waals surface area (Å²) in [7, 11) is 0. The molecule has 2 N–H and O–H groups in total. The summed E-state index contributed by atoms with van der Waals surface area (Å²) in [5, 5.41) is 0. The Labute approximate surface area is 125 Å². The molecule has 5 nitrogen and oxygen atoms in total. The average Bonchev–Trinajstić information content (AvgIpc) is 2.67. The van der Waals surface area contributed by atoms with E-state index in [4.69, 9.17) is 10.2 Å². The lowest BCUT2D eigenvalue weighted by atomic mass is 9.79. The van der Waals surface area contributed by atoms with E-state index >= 15 is 0 Å². The molecular formula is C12H21Cl2N3O2.